The highest BCUT2D eigenvalue weighted by atomic mass is 32.1. The molecule has 3 aromatic rings. The lowest BCUT2D eigenvalue weighted by Crippen LogP contribution is -2.04. The highest BCUT2D eigenvalue weighted by molar-refractivity contribution is 7.21. The summed E-state index contributed by atoms with van der Waals surface area (Å²) >= 11 is 1.86. The summed E-state index contributed by atoms with van der Waals surface area (Å²) in [6, 6.07) is 21.6. The van der Waals surface area contributed by atoms with Crippen LogP contribution in [0.4, 0.5) is 0 Å². The van der Waals surface area contributed by atoms with Crippen LogP contribution < -0.4 is 5.36 Å². The SMILES string of the molecule is CCCCCCCCCCCCCCN=c1cc(-c2ccccc2)sc2ccccc12. The Morgan fingerprint density at radius 1 is 0.645 bits per heavy atom. The van der Waals surface area contributed by atoms with Crippen molar-refractivity contribution in [2.75, 3.05) is 6.54 Å². The Kier molecular flexibility index (Phi) is 10.9. The van der Waals surface area contributed by atoms with E-state index in [0.717, 1.165) is 11.9 Å². The normalized spacial score (nSPS) is 12.0. The molecule has 1 aromatic heterocycles. The predicted molar refractivity (Wildman–Crippen MR) is 139 cm³/mol. The number of rotatable bonds is 14. The summed E-state index contributed by atoms with van der Waals surface area (Å²) in [5, 5.41) is 2.43. The van der Waals surface area contributed by atoms with Gasteiger partial charge in [0.2, 0.25) is 0 Å². The third-order valence-corrected chi connectivity index (χ3v) is 7.15. The molecule has 0 saturated heterocycles. The summed E-state index contributed by atoms with van der Waals surface area (Å²) in [5.41, 5.74) is 1.28. The third-order valence-electron chi connectivity index (χ3n) is 6.00. The second kappa shape index (κ2) is 14.2. The minimum atomic E-state index is 0.935. The van der Waals surface area contributed by atoms with Gasteiger partial charge in [-0.15, -0.1) is 11.3 Å². The minimum absolute atomic E-state index is 0.935. The Labute approximate surface area is 193 Å². The highest BCUT2D eigenvalue weighted by Gasteiger charge is 2.03. The first kappa shape index (κ1) is 23.7. The molecule has 166 valence electrons. The fraction of sp³-hybridized carbons (Fsp3) is 0.483. The molecule has 0 aliphatic rings. The van der Waals surface area contributed by atoms with Gasteiger partial charge >= 0.3 is 0 Å². The van der Waals surface area contributed by atoms with Crippen LogP contribution in [0, 0.1) is 0 Å². The second-order valence-electron chi connectivity index (χ2n) is 8.63. The lowest BCUT2D eigenvalue weighted by Gasteiger charge is -2.05. The van der Waals surface area contributed by atoms with Crippen LogP contribution in [0.5, 0.6) is 0 Å². The lowest BCUT2D eigenvalue weighted by atomic mass is 10.1. The summed E-state index contributed by atoms with van der Waals surface area (Å²) in [6.45, 7) is 3.22. The van der Waals surface area contributed by atoms with Gasteiger partial charge in [0, 0.05) is 21.5 Å². The Hall–Kier alpha value is -1.93. The molecule has 1 nitrogen and oxygen atoms in total. The van der Waals surface area contributed by atoms with Gasteiger partial charge in [-0.3, -0.25) is 4.99 Å². The van der Waals surface area contributed by atoms with Crippen molar-refractivity contribution < 1.29 is 0 Å². The van der Waals surface area contributed by atoms with E-state index >= 15 is 0 Å². The molecule has 0 radical (unpaired) electrons. The summed E-state index contributed by atoms with van der Waals surface area (Å²) in [7, 11) is 0. The maximum atomic E-state index is 5.01. The number of fused-ring (bicyclic) bond motifs is 1. The Balaban J connectivity index is 1.44. The van der Waals surface area contributed by atoms with Crippen molar-refractivity contribution in [3.63, 3.8) is 0 Å². The molecule has 1 heterocycles. The zero-order valence-corrected chi connectivity index (χ0v) is 20.1. The van der Waals surface area contributed by atoms with Gasteiger partial charge in [0.1, 0.15) is 0 Å². The average molecular weight is 434 g/mol. The quantitative estimate of drug-likeness (QED) is 0.225. The molecular formula is C29H39NS. The monoisotopic (exact) mass is 433 g/mol. The third kappa shape index (κ3) is 8.26. The molecule has 0 aliphatic heterocycles. The molecule has 2 aromatic carbocycles. The Morgan fingerprint density at radius 2 is 1.23 bits per heavy atom. The summed E-state index contributed by atoms with van der Waals surface area (Å²) in [6.07, 6.45) is 16.6. The molecular weight excluding hydrogens is 394 g/mol. The largest absolute Gasteiger partial charge is 0.285 e. The molecule has 0 amide bonds. The molecule has 0 saturated carbocycles. The standard InChI is InChI=1S/C29H39NS/c1-2-3-4-5-6-7-8-9-10-11-12-18-23-30-27-24-29(25-19-14-13-15-20-25)31-28-22-17-16-21-26(27)28/h13-17,19-22,24H,2-12,18,23H2,1H3. The topological polar surface area (TPSA) is 12.4 Å². The van der Waals surface area contributed by atoms with Crippen LogP contribution in [-0.4, -0.2) is 6.54 Å². The van der Waals surface area contributed by atoms with Gasteiger partial charge in [0.25, 0.3) is 0 Å². The summed E-state index contributed by atoms with van der Waals surface area (Å²) in [4.78, 5) is 6.31. The Morgan fingerprint density at radius 3 is 1.90 bits per heavy atom. The van der Waals surface area contributed by atoms with Gasteiger partial charge in [-0.1, -0.05) is 126 Å². The van der Waals surface area contributed by atoms with Crippen molar-refractivity contribution in [2.24, 2.45) is 4.99 Å². The van der Waals surface area contributed by atoms with Crippen LogP contribution in [0.25, 0.3) is 20.5 Å². The number of benzene rings is 2. The first-order valence-corrected chi connectivity index (χ1v) is 13.3. The van der Waals surface area contributed by atoms with Crippen molar-refractivity contribution in [3.05, 3.63) is 66.0 Å². The van der Waals surface area contributed by atoms with Crippen LogP contribution in [0.2, 0.25) is 0 Å². The van der Waals surface area contributed by atoms with E-state index in [-0.39, 0.29) is 0 Å². The van der Waals surface area contributed by atoms with Crippen LogP contribution in [-0.2, 0) is 0 Å². The van der Waals surface area contributed by atoms with Crippen molar-refractivity contribution in [1.29, 1.82) is 0 Å². The summed E-state index contributed by atoms with van der Waals surface area (Å²) in [5.74, 6) is 0. The first-order chi connectivity index (χ1) is 15.4. The molecule has 0 atom stereocenters. The van der Waals surface area contributed by atoms with Crippen LogP contribution in [0.3, 0.4) is 0 Å². The molecule has 0 fully saturated rings. The molecule has 0 N–H and O–H groups in total. The minimum Gasteiger partial charge on any atom is -0.285 e. The van der Waals surface area contributed by atoms with Gasteiger partial charge in [0.05, 0.1) is 5.36 Å². The van der Waals surface area contributed by atoms with E-state index in [9.17, 15) is 0 Å². The van der Waals surface area contributed by atoms with Gasteiger partial charge < -0.3 is 0 Å². The molecule has 0 spiro atoms. The van der Waals surface area contributed by atoms with Crippen LogP contribution in [0.15, 0.2) is 65.7 Å². The van der Waals surface area contributed by atoms with E-state index in [0.29, 0.717) is 0 Å². The van der Waals surface area contributed by atoms with E-state index in [1.807, 2.05) is 11.3 Å². The van der Waals surface area contributed by atoms with E-state index < -0.39 is 0 Å². The molecule has 0 aliphatic carbocycles. The molecule has 0 unspecified atom stereocenters. The van der Waals surface area contributed by atoms with E-state index in [2.05, 4.69) is 67.6 Å². The fourth-order valence-electron chi connectivity index (χ4n) is 4.14. The number of nitrogens with zero attached hydrogens (tertiary/aromatic N) is 1. The number of hydrogen-bond acceptors (Lipinski definition) is 2. The van der Waals surface area contributed by atoms with E-state index in [1.165, 1.54) is 97.6 Å². The van der Waals surface area contributed by atoms with Gasteiger partial charge in [-0.05, 0) is 24.1 Å². The number of hydrogen-bond donors (Lipinski definition) is 0. The molecule has 31 heavy (non-hydrogen) atoms. The zero-order valence-electron chi connectivity index (χ0n) is 19.3. The fourth-order valence-corrected chi connectivity index (χ4v) is 5.24. The lowest BCUT2D eigenvalue weighted by molar-refractivity contribution is 0.545. The van der Waals surface area contributed by atoms with Gasteiger partial charge in [-0.25, -0.2) is 0 Å². The predicted octanol–water partition coefficient (Wildman–Crippen LogP) is 9.17. The van der Waals surface area contributed by atoms with Crippen molar-refractivity contribution in [1.82, 2.24) is 0 Å². The van der Waals surface area contributed by atoms with Crippen molar-refractivity contribution in [3.8, 4) is 10.4 Å². The van der Waals surface area contributed by atoms with E-state index in [4.69, 9.17) is 4.99 Å². The molecule has 3 rings (SSSR count). The maximum absolute atomic E-state index is 5.01. The summed E-state index contributed by atoms with van der Waals surface area (Å²) < 4.78 is 1.32. The van der Waals surface area contributed by atoms with Gasteiger partial charge in [-0.2, -0.15) is 0 Å². The first-order valence-electron chi connectivity index (χ1n) is 12.5. The zero-order chi connectivity index (χ0) is 21.6. The average Bonchev–Trinajstić information content (AvgIpc) is 2.82. The van der Waals surface area contributed by atoms with Crippen LogP contribution >= 0.6 is 11.3 Å². The second-order valence-corrected chi connectivity index (χ2v) is 9.71. The van der Waals surface area contributed by atoms with Gasteiger partial charge in [0.15, 0.2) is 0 Å². The maximum Gasteiger partial charge on any atom is 0.0675 e. The molecule has 0 bridgehead atoms. The highest BCUT2D eigenvalue weighted by Crippen LogP contribution is 2.27. The van der Waals surface area contributed by atoms with Crippen molar-refractivity contribution in [2.45, 2.75) is 84.0 Å². The smallest absolute Gasteiger partial charge is 0.0675 e. The van der Waals surface area contributed by atoms with Crippen LogP contribution in [0.1, 0.15) is 84.0 Å². The number of unbranched alkanes of at least 4 members (excludes halogenated alkanes) is 11. The molecule has 2 heteroatoms. The Bertz CT molecular complexity index is 942. The van der Waals surface area contributed by atoms with E-state index in [1.54, 1.807) is 0 Å². The van der Waals surface area contributed by atoms with Crippen molar-refractivity contribution >= 4 is 21.4 Å².